The zero-order chi connectivity index (χ0) is 23.0. The molecular weight excluding hydrogens is 439 g/mol. The van der Waals surface area contributed by atoms with Gasteiger partial charge in [-0.3, -0.25) is 19.2 Å². The molecule has 1 fully saturated rings. The highest BCUT2D eigenvalue weighted by Crippen LogP contribution is 2.21. The van der Waals surface area contributed by atoms with E-state index in [4.69, 9.17) is 11.6 Å². The topological polar surface area (TPSA) is 95.5 Å². The highest BCUT2D eigenvalue weighted by atomic mass is 35.5. The third-order valence-electron chi connectivity index (χ3n) is 5.55. The molecule has 1 saturated heterocycles. The molecule has 0 spiro atoms. The molecule has 2 amide bonds. The SMILES string of the molecule is CCn1c(=O)c(=O)[nH]c2cc(C(=O)N3CCN(C(=O)c4ccc(F)cc4Cl)CC3)ccc21. The van der Waals surface area contributed by atoms with Crippen LogP contribution in [0.4, 0.5) is 4.39 Å². The number of halogens is 2. The number of aromatic amines is 1. The maximum absolute atomic E-state index is 13.2. The van der Waals surface area contributed by atoms with Crippen LogP contribution in [0.3, 0.4) is 0 Å². The number of hydrogen-bond donors (Lipinski definition) is 1. The number of aromatic nitrogens is 2. The highest BCUT2D eigenvalue weighted by molar-refractivity contribution is 6.33. The highest BCUT2D eigenvalue weighted by Gasteiger charge is 2.27. The van der Waals surface area contributed by atoms with Gasteiger partial charge in [-0.25, -0.2) is 4.39 Å². The predicted octanol–water partition coefficient (Wildman–Crippen LogP) is 2.10. The standard InChI is InChI=1S/C22H20ClFN4O4/c1-2-28-18-6-3-13(11-17(18)25-19(29)22(28)32)20(30)26-7-9-27(10-8-26)21(31)15-5-4-14(24)12-16(15)23/h3-6,11-12H,2,7-10H2,1H3,(H,25,29). The van der Waals surface area contributed by atoms with E-state index in [1.54, 1.807) is 34.9 Å². The van der Waals surface area contributed by atoms with E-state index < -0.39 is 16.9 Å². The molecule has 0 bridgehead atoms. The van der Waals surface area contributed by atoms with Gasteiger partial charge in [0.1, 0.15) is 5.82 Å². The Morgan fingerprint density at radius 2 is 1.66 bits per heavy atom. The van der Waals surface area contributed by atoms with Crippen molar-refractivity contribution in [2.45, 2.75) is 13.5 Å². The van der Waals surface area contributed by atoms with Crippen molar-refractivity contribution in [2.24, 2.45) is 0 Å². The van der Waals surface area contributed by atoms with Gasteiger partial charge in [0.15, 0.2) is 0 Å². The van der Waals surface area contributed by atoms with Crippen molar-refractivity contribution in [3.63, 3.8) is 0 Å². The number of aryl methyl sites for hydroxylation is 1. The van der Waals surface area contributed by atoms with Crippen LogP contribution in [-0.2, 0) is 6.54 Å². The molecule has 32 heavy (non-hydrogen) atoms. The van der Waals surface area contributed by atoms with E-state index in [1.165, 1.54) is 16.7 Å². The van der Waals surface area contributed by atoms with E-state index in [0.717, 1.165) is 6.07 Å². The Labute approximate surface area is 186 Å². The van der Waals surface area contributed by atoms with Crippen LogP contribution in [0.5, 0.6) is 0 Å². The first-order valence-corrected chi connectivity index (χ1v) is 10.5. The Kier molecular flexibility index (Phi) is 5.84. The summed E-state index contributed by atoms with van der Waals surface area (Å²) in [6, 6.07) is 8.44. The average molecular weight is 459 g/mol. The number of carbonyl (C=O) groups is 2. The maximum Gasteiger partial charge on any atom is 0.316 e. The molecule has 2 heterocycles. The lowest BCUT2D eigenvalue weighted by molar-refractivity contribution is 0.0535. The molecule has 3 aromatic rings. The molecule has 1 aliphatic rings. The number of nitrogens with one attached hydrogen (secondary N) is 1. The summed E-state index contributed by atoms with van der Waals surface area (Å²) in [5, 5.41) is 0.0456. The van der Waals surface area contributed by atoms with Crippen molar-refractivity contribution < 1.29 is 14.0 Å². The molecule has 2 aromatic carbocycles. The van der Waals surface area contributed by atoms with Crippen LogP contribution in [0.25, 0.3) is 11.0 Å². The van der Waals surface area contributed by atoms with Gasteiger partial charge in [0.05, 0.1) is 21.6 Å². The summed E-state index contributed by atoms with van der Waals surface area (Å²) < 4.78 is 14.6. The lowest BCUT2D eigenvalue weighted by Gasteiger charge is -2.35. The molecule has 1 aliphatic heterocycles. The monoisotopic (exact) mass is 458 g/mol. The molecule has 0 radical (unpaired) electrons. The Morgan fingerprint density at radius 1 is 1.00 bits per heavy atom. The van der Waals surface area contributed by atoms with E-state index in [-0.39, 0.29) is 22.4 Å². The third kappa shape index (κ3) is 3.91. The Bertz CT molecular complexity index is 1340. The molecule has 0 saturated carbocycles. The van der Waals surface area contributed by atoms with Crippen molar-refractivity contribution in [3.8, 4) is 0 Å². The summed E-state index contributed by atoms with van der Waals surface area (Å²) in [6.07, 6.45) is 0. The van der Waals surface area contributed by atoms with E-state index in [9.17, 15) is 23.6 Å². The van der Waals surface area contributed by atoms with Gasteiger partial charge in [0, 0.05) is 38.3 Å². The van der Waals surface area contributed by atoms with Crippen LogP contribution in [0.1, 0.15) is 27.6 Å². The molecule has 0 atom stereocenters. The number of amides is 2. The van der Waals surface area contributed by atoms with Crippen molar-refractivity contribution in [2.75, 3.05) is 26.2 Å². The maximum atomic E-state index is 13.2. The van der Waals surface area contributed by atoms with Gasteiger partial charge in [0.25, 0.3) is 11.8 Å². The fourth-order valence-electron chi connectivity index (χ4n) is 3.85. The predicted molar refractivity (Wildman–Crippen MR) is 118 cm³/mol. The fraction of sp³-hybridized carbons (Fsp3) is 0.273. The quantitative estimate of drug-likeness (QED) is 0.608. The number of hydrogen-bond acceptors (Lipinski definition) is 4. The lowest BCUT2D eigenvalue weighted by atomic mass is 10.1. The molecule has 8 nitrogen and oxygen atoms in total. The zero-order valence-corrected chi connectivity index (χ0v) is 18.0. The van der Waals surface area contributed by atoms with Crippen LogP contribution in [0.2, 0.25) is 5.02 Å². The van der Waals surface area contributed by atoms with Crippen molar-refractivity contribution in [1.29, 1.82) is 0 Å². The fourth-order valence-corrected chi connectivity index (χ4v) is 4.10. The molecule has 0 unspecified atom stereocenters. The Hall–Kier alpha value is -3.46. The summed E-state index contributed by atoms with van der Waals surface area (Å²) in [6.45, 7) is 3.33. The van der Waals surface area contributed by atoms with Gasteiger partial charge in [-0.05, 0) is 43.3 Å². The summed E-state index contributed by atoms with van der Waals surface area (Å²) >= 11 is 5.99. The second kappa shape index (κ2) is 8.58. The van der Waals surface area contributed by atoms with E-state index >= 15 is 0 Å². The van der Waals surface area contributed by atoms with Crippen molar-refractivity contribution in [3.05, 3.63) is 79.1 Å². The Balaban J connectivity index is 1.50. The molecule has 10 heteroatoms. The number of benzene rings is 2. The number of piperazine rings is 1. The first kappa shape index (κ1) is 21.8. The second-order valence-corrected chi connectivity index (χ2v) is 7.85. The second-order valence-electron chi connectivity index (χ2n) is 7.44. The van der Waals surface area contributed by atoms with Crippen LogP contribution in [0, 0.1) is 5.82 Å². The van der Waals surface area contributed by atoms with Crippen LogP contribution in [-0.4, -0.2) is 57.3 Å². The van der Waals surface area contributed by atoms with Crippen molar-refractivity contribution >= 4 is 34.4 Å². The van der Waals surface area contributed by atoms with Crippen LogP contribution < -0.4 is 11.1 Å². The van der Waals surface area contributed by atoms with Crippen LogP contribution >= 0.6 is 11.6 Å². The van der Waals surface area contributed by atoms with Gasteiger partial charge in [-0.15, -0.1) is 0 Å². The normalized spacial score (nSPS) is 14.1. The number of H-pyrrole nitrogens is 1. The van der Waals surface area contributed by atoms with E-state index in [2.05, 4.69) is 4.98 Å². The molecule has 1 N–H and O–H groups in total. The summed E-state index contributed by atoms with van der Waals surface area (Å²) in [7, 11) is 0. The van der Waals surface area contributed by atoms with Gasteiger partial charge in [-0.1, -0.05) is 11.6 Å². The van der Waals surface area contributed by atoms with Gasteiger partial charge >= 0.3 is 11.1 Å². The third-order valence-corrected chi connectivity index (χ3v) is 5.87. The van der Waals surface area contributed by atoms with E-state index in [1.807, 2.05) is 0 Å². The minimum Gasteiger partial charge on any atom is -0.335 e. The van der Waals surface area contributed by atoms with Crippen LogP contribution in [0.15, 0.2) is 46.0 Å². The average Bonchev–Trinajstić information content (AvgIpc) is 2.79. The Morgan fingerprint density at radius 3 is 2.28 bits per heavy atom. The minimum absolute atomic E-state index is 0.0456. The number of carbonyl (C=O) groups excluding carboxylic acids is 2. The lowest BCUT2D eigenvalue weighted by Crippen LogP contribution is -2.50. The molecule has 4 rings (SSSR count). The molecule has 166 valence electrons. The number of fused-ring (bicyclic) bond motifs is 1. The first-order chi connectivity index (χ1) is 15.3. The zero-order valence-electron chi connectivity index (χ0n) is 17.2. The first-order valence-electron chi connectivity index (χ1n) is 10.1. The van der Waals surface area contributed by atoms with Gasteiger partial charge in [-0.2, -0.15) is 0 Å². The van der Waals surface area contributed by atoms with E-state index in [0.29, 0.717) is 49.3 Å². The van der Waals surface area contributed by atoms with Gasteiger partial charge in [0.2, 0.25) is 0 Å². The minimum atomic E-state index is -0.740. The number of nitrogens with zero attached hydrogens (tertiary/aromatic N) is 3. The molecule has 0 aliphatic carbocycles. The molecule has 1 aromatic heterocycles. The summed E-state index contributed by atoms with van der Waals surface area (Å²) in [5.74, 6) is -1.08. The summed E-state index contributed by atoms with van der Waals surface area (Å²) in [4.78, 5) is 55.3. The smallest absolute Gasteiger partial charge is 0.316 e. The van der Waals surface area contributed by atoms with Gasteiger partial charge < -0.3 is 19.4 Å². The summed E-state index contributed by atoms with van der Waals surface area (Å²) in [5.41, 5.74) is 0.156. The number of rotatable bonds is 3. The molecular formula is C22H20ClFN4O4. The largest absolute Gasteiger partial charge is 0.335 e. The van der Waals surface area contributed by atoms with Crippen molar-refractivity contribution in [1.82, 2.24) is 19.4 Å².